The lowest BCUT2D eigenvalue weighted by Crippen LogP contribution is -2.23. The van der Waals surface area contributed by atoms with E-state index in [4.69, 9.17) is 19.2 Å². The maximum Gasteiger partial charge on any atom is 0.344 e. The molecule has 7 aromatic rings. The molecular formula is C35H27N5O3. The summed E-state index contributed by atoms with van der Waals surface area (Å²) >= 11 is 0. The van der Waals surface area contributed by atoms with Gasteiger partial charge in [0.25, 0.3) is 0 Å². The van der Waals surface area contributed by atoms with Crippen molar-refractivity contribution in [3.05, 3.63) is 124 Å². The first-order valence-electron chi connectivity index (χ1n) is 14.5. The van der Waals surface area contributed by atoms with Crippen molar-refractivity contribution in [2.75, 3.05) is 18.0 Å². The van der Waals surface area contributed by atoms with E-state index in [1.54, 1.807) is 16.9 Å². The van der Waals surface area contributed by atoms with Crippen LogP contribution in [0.15, 0.2) is 107 Å². The van der Waals surface area contributed by atoms with E-state index in [-0.39, 0.29) is 0 Å². The molecule has 0 saturated carbocycles. The summed E-state index contributed by atoms with van der Waals surface area (Å²) in [5.74, 6) is 0.887. The lowest BCUT2D eigenvalue weighted by atomic mass is 9.84. The molecule has 1 atom stereocenters. The summed E-state index contributed by atoms with van der Waals surface area (Å²) < 4.78 is 13.9. The topological polar surface area (TPSA) is 85.8 Å². The minimum Gasteiger partial charge on any atom is -0.437 e. The number of rotatable bonds is 5. The smallest absolute Gasteiger partial charge is 0.344 e. The molecule has 4 heterocycles. The summed E-state index contributed by atoms with van der Waals surface area (Å²) in [6, 6.07) is 30.1. The minimum absolute atomic E-state index is 0.394. The second-order valence-corrected chi connectivity index (χ2v) is 10.7. The average Bonchev–Trinajstić information content (AvgIpc) is 3.49. The van der Waals surface area contributed by atoms with E-state index in [0.717, 1.165) is 40.7 Å². The fourth-order valence-electron chi connectivity index (χ4n) is 6.18. The van der Waals surface area contributed by atoms with Crippen molar-refractivity contribution < 1.29 is 9.15 Å². The van der Waals surface area contributed by atoms with Crippen molar-refractivity contribution in [3.63, 3.8) is 0 Å². The number of nitrogens with zero attached hydrogens (tertiary/aromatic N) is 5. The first-order valence-corrected chi connectivity index (χ1v) is 14.5. The van der Waals surface area contributed by atoms with E-state index in [1.165, 1.54) is 0 Å². The predicted molar refractivity (Wildman–Crippen MR) is 167 cm³/mol. The van der Waals surface area contributed by atoms with E-state index in [9.17, 15) is 4.79 Å². The van der Waals surface area contributed by atoms with Gasteiger partial charge in [-0.05, 0) is 60.5 Å². The summed E-state index contributed by atoms with van der Waals surface area (Å²) in [5.41, 5.74) is 4.60. The highest BCUT2D eigenvalue weighted by molar-refractivity contribution is 5.88. The number of ether oxygens (including phenoxy) is 1. The SMILES string of the molecule is CCN(CC)c1ccc(C2c3c(c4ccccc4oc3=O)Oc3ncn4nc(-c5ccc6ccccc6c5)nc4c32)cc1. The quantitative estimate of drug-likeness (QED) is 0.204. The number of benzene rings is 4. The Morgan fingerprint density at radius 2 is 1.63 bits per heavy atom. The Kier molecular flexibility index (Phi) is 5.75. The van der Waals surface area contributed by atoms with Crippen LogP contribution in [0.4, 0.5) is 5.69 Å². The number of fused-ring (bicyclic) bond motifs is 7. The third-order valence-electron chi connectivity index (χ3n) is 8.32. The first-order chi connectivity index (χ1) is 21.1. The molecule has 1 aliphatic heterocycles. The van der Waals surface area contributed by atoms with Gasteiger partial charge in [0.15, 0.2) is 17.2 Å². The molecule has 0 spiro atoms. The van der Waals surface area contributed by atoms with Crippen LogP contribution in [-0.2, 0) is 0 Å². The molecule has 8 nitrogen and oxygen atoms in total. The van der Waals surface area contributed by atoms with Crippen molar-refractivity contribution >= 4 is 33.1 Å². The van der Waals surface area contributed by atoms with Gasteiger partial charge in [-0.3, -0.25) is 0 Å². The van der Waals surface area contributed by atoms with Crippen LogP contribution in [0.1, 0.15) is 36.5 Å². The van der Waals surface area contributed by atoms with Crippen molar-refractivity contribution in [2.45, 2.75) is 19.8 Å². The van der Waals surface area contributed by atoms with Gasteiger partial charge in [-0.25, -0.2) is 19.3 Å². The Hall–Kier alpha value is -5.50. The van der Waals surface area contributed by atoms with Crippen LogP contribution in [0.2, 0.25) is 0 Å². The molecule has 0 amide bonds. The van der Waals surface area contributed by atoms with Gasteiger partial charge < -0.3 is 14.1 Å². The molecule has 0 N–H and O–H groups in total. The Balaban J connectivity index is 1.36. The Labute approximate surface area is 246 Å². The number of aromatic nitrogens is 4. The number of para-hydroxylation sites is 1. The minimum atomic E-state index is -0.532. The van der Waals surface area contributed by atoms with Gasteiger partial charge in [-0.2, -0.15) is 0 Å². The summed E-state index contributed by atoms with van der Waals surface area (Å²) in [5, 5.41) is 7.76. The Morgan fingerprint density at radius 3 is 2.44 bits per heavy atom. The normalized spacial score (nSPS) is 14.0. The maximum atomic E-state index is 13.7. The van der Waals surface area contributed by atoms with Crippen LogP contribution in [0.3, 0.4) is 0 Å². The first kappa shape index (κ1) is 25.2. The highest BCUT2D eigenvalue weighted by Crippen LogP contribution is 2.49. The van der Waals surface area contributed by atoms with Crippen LogP contribution in [0.5, 0.6) is 11.6 Å². The molecule has 1 unspecified atom stereocenters. The largest absolute Gasteiger partial charge is 0.437 e. The zero-order chi connectivity index (χ0) is 29.1. The Bertz CT molecular complexity index is 2230. The van der Waals surface area contributed by atoms with Gasteiger partial charge in [0.2, 0.25) is 5.88 Å². The summed E-state index contributed by atoms with van der Waals surface area (Å²) in [4.78, 5) is 25.7. The van der Waals surface area contributed by atoms with Gasteiger partial charge in [0, 0.05) is 24.3 Å². The summed E-state index contributed by atoms with van der Waals surface area (Å²) in [7, 11) is 0. The molecule has 210 valence electrons. The fraction of sp³-hybridized carbons (Fsp3) is 0.143. The highest BCUT2D eigenvalue weighted by Gasteiger charge is 2.37. The molecule has 4 aromatic carbocycles. The third-order valence-corrected chi connectivity index (χ3v) is 8.32. The summed E-state index contributed by atoms with van der Waals surface area (Å²) in [6.45, 7) is 6.07. The monoisotopic (exact) mass is 565 g/mol. The van der Waals surface area contributed by atoms with Crippen molar-refractivity contribution in [2.24, 2.45) is 0 Å². The van der Waals surface area contributed by atoms with E-state index < -0.39 is 11.5 Å². The van der Waals surface area contributed by atoms with E-state index in [0.29, 0.717) is 45.2 Å². The maximum absolute atomic E-state index is 13.7. The lowest BCUT2D eigenvalue weighted by molar-refractivity contribution is 0.422. The van der Waals surface area contributed by atoms with E-state index >= 15 is 0 Å². The van der Waals surface area contributed by atoms with Crippen LogP contribution in [0.25, 0.3) is 38.8 Å². The molecule has 1 aliphatic rings. The van der Waals surface area contributed by atoms with Gasteiger partial charge in [0.05, 0.1) is 22.4 Å². The second-order valence-electron chi connectivity index (χ2n) is 10.7. The standard InChI is InChI=1S/C35H27N5O3/c1-3-39(4-2)25-17-15-22(16-18-25)28-29-31(26-11-7-8-12-27(26)42-35(29)41)43-34-30(28)33-37-32(38-40(33)20-36-34)24-14-13-21-9-5-6-10-23(21)19-24/h5-20,28H,3-4H2,1-2H3. The van der Waals surface area contributed by atoms with Gasteiger partial charge in [-0.15, -0.1) is 5.10 Å². The third kappa shape index (κ3) is 3.98. The predicted octanol–water partition coefficient (Wildman–Crippen LogP) is 7.18. The van der Waals surface area contributed by atoms with Crippen LogP contribution < -0.4 is 15.3 Å². The number of hydrogen-bond donors (Lipinski definition) is 0. The molecule has 0 saturated heterocycles. The highest BCUT2D eigenvalue weighted by atomic mass is 16.5. The van der Waals surface area contributed by atoms with Crippen LogP contribution in [-0.4, -0.2) is 32.7 Å². The second kappa shape index (κ2) is 9.80. The molecule has 8 rings (SSSR count). The van der Waals surface area contributed by atoms with Gasteiger partial charge in [0.1, 0.15) is 11.9 Å². The van der Waals surface area contributed by atoms with Crippen molar-refractivity contribution in [1.29, 1.82) is 0 Å². The van der Waals surface area contributed by atoms with Crippen molar-refractivity contribution in [1.82, 2.24) is 19.6 Å². The summed E-state index contributed by atoms with van der Waals surface area (Å²) in [6.07, 6.45) is 1.62. The number of anilines is 1. The van der Waals surface area contributed by atoms with E-state index in [2.05, 4.69) is 72.3 Å². The fourth-order valence-corrected chi connectivity index (χ4v) is 6.18. The lowest BCUT2D eigenvalue weighted by Gasteiger charge is -2.28. The molecule has 0 radical (unpaired) electrons. The molecule has 0 fully saturated rings. The average molecular weight is 566 g/mol. The zero-order valence-electron chi connectivity index (χ0n) is 23.7. The molecule has 3 aromatic heterocycles. The number of hydrogen-bond acceptors (Lipinski definition) is 7. The van der Waals surface area contributed by atoms with Crippen LogP contribution in [0, 0.1) is 0 Å². The van der Waals surface area contributed by atoms with Crippen molar-refractivity contribution in [3.8, 4) is 23.0 Å². The van der Waals surface area contributed by atoms with E-state index in [1.807, 2.05) is 36.4 Å². The molecule has 43 heavy (non-hydrogen) atoms. The Morgan fingerprint density at radius 1 is 0.860 bits per heavy atom. The molecule has 0 aliphatic carbocycles. The molecule has 8 heteroatoms. The van der Waals surface area contributed by atoms with Gasteiger partial charge >= 0.3 is 5.63 Å². The van der Waals surface area contributed by atoms with Gasteiger partial charge in [-0.1, -0.05) is 60.7 Å². The van der Waals surface area contributed by atoms with Crippen LogP contribution >= 0.6 is 0 Å². The molecule has 0 bridgehead atoms. The molecular weight excluding hydrogens is 538 g/mol. The zero-order valence-corrected chi connectivity index (χ0v) is 23.7.